The lowest BCUT2D eigenvalue weighted by Crippen LogP contribution is -2.49. The molecule has 1 heterocycles. The van der Waals surface area contributed by atoms with Crippen molar-refractivity contribution in [3.63, 3.8) is 0 Å². The Morgan fingerprint density at radius 2 is 2.10 bits per heavy atom. The number of hydrogen-bond donors (Lipinski definition) is 2. The first kappa shape index (κ1) is 17.4. The highest BCUT2D eigenvalue weighted by molar-refractivity contribution is 5.76. The highest BCUT2D eigenvalue weighted by atomic mass is 16.5. The summed E-state index contributed by atoms with van der Waals surface area (Å²) in [6, 6.07) is 0.568. The van der Waals surface area contributed by atoms with Crippen molar-refractivity contribution >= 4 is 5.91 Å². The fraction of sp³-hybridized carbons (Fsp3) is 0.933. The van der Waals surface area contributed by atoms with E-state index in [-0.39, 0.29) is 17.6 Å². The van der Waals surface area contributed by atoms with Crippen molar-refractivity contribution in [2.45, 2.75) is 58.7 Å². The average Bonchev–Trinajstić information content (AvgIpc) is 2.33. The smallest absolute Gasteiger partial charge is 0.221 e. The van der Waals surface area contributed by atoms with Gasteiger partial charge >= 0.3 is 0 Å². The van der Waals surface area contributed by atoms with Crippen LogP contribution >= 0.6 is 0 Å². The van der Waals surface area contributed by atoms with E-state index in [2.05, 4.69) is 29.4 Å². The largest absolute Gasteiger partial charge is 0.374 e. The van der Waals surface area contributed by atoms with Crippen LogP contribution in [0.25, 0.3) is 0 Å². The van der Waals surface area contributed by atoms with E-state index >= 15 is 0 Å². The minimum Gasteiger partial charge on any atom is -0.374 e. The minimum atomic E-state index is -0.151. The molecule has 1 aliphatic heterocycles. The number of morpholine rings is 1. The van der Waals surface area contributed by atoms with Crippen LogP contribution in [0.1, 0.15) is 41.0 Å². The minimum absolute atomic E-state index is 0.0957. The average molecular weight is 285 g/mol. The van der Waals surface area contributed by atoms with Gasteiger partial charge in [0.15, 0.2) is 0 Å². The molecule has 0 aromatic carbocycles. The van der Waals surface area contributed by atoms with Gasteiger partial charge in [-0.2, -0.15) is 0 Å². The zero-order valence-electron chi connectivity index (χ0n) is 13.7. The molecule has 0 aromatic heterocycles. The Morgan fingerprint density at radius 1 is 1.40 bits per heavy atom. The van der Waals surface area contributed by atoms with Gasteiger partial charge in [-0.1, -0.05) is 0 Å². The maximum absolute atomic E-state index is 11.7. The second kappa shape index (κ2) is 7.96. The molecule has 0 aliphatic carbocycles. The normalized spacial score (nSPS) is 21.2. The number of nitrogens with zero attached hydrogens (tertiary/aromatic N) is 1. The van der Waals surface area contributed by atoms with Crippen LogP contribution in [0.4, 0.5) is 0 Å². The van der Waals surface area contributed by atoms with Gasteiger partial charge in [0.05, 0.1) is 12.7 Å². The van der Waals surface area contributed by atoms with E-state index in [9.17, 15) is 4.79 Å². The molecule has 0 spiro atoms. The van der Waals surface area contributed by atoms with Crippen LogP contribution in [-0.2, 0) is 9.53 Å². The second-order valence-corrected chi connectivity index (χ2v) is 6.83. The SMILES string of the molecule is CC(C)N1CCOC(CNCCC(=O)NC(C)(C)C)C1. The Bertz CT molecular complexity index is 300. The lowest BCUT2D eigenvalue weighted by atomic mass is 10.1. The van der Waals surface area contributed by atoms with Crippen molar-refractivity contribution in [1.29, 1.82) is 0 Å². The molecule has 1 fully saturated rings. The van der Waals surface area contributed by atoms with Crippen molar-refractivity contribution < 1.29 is 9.53 Å². The highest BCUT2D eigenvalue weighted by Gasteiger charge is 2.21. The van der Waals surface area contributed by atoms with Gasteiger partial charge in [-0.05, 0) is 34.6 Å². The first-order valence-corrected chi connectivity index (χ1v) is 7.65. The van der Waals surface area contributed by atoms with Gasteiger partial charge in [-0.15, -0.1) is 0 Å². The van der Waals surface area contributed by atoms with Gasteiger partial charge in [0.2, 0.25) is 5.91 Å². The zero-order chi connectivity index (χ0) is 15.2. The van der Waals surface area contributed by atoms with Crippen molar-refractivity contribution in [3.8, 4) is 0 Å². The van der Waals surface area contributed by atoms with E-state index in [1.807, 2.05) is 20.8 Å². The van der Waals surface area contributed by atoms with E-state index in [1.54, 1.807) is 0 Å². The first-order valence-electron chi connectivity index (χ1n) is 7.65. The number of ether oxygens (including phenoxy) is 1. The third-order valence-electron chi connectivity index (χ3n) is 3.32. The zero-order valence-corrected chi connectivity index (χ0v) is 13.7. The lowest BCUT2D eigenvalue weighted by molar-refractivity contribution is -0.122. The third kappa shape index (κ3) is 7.22. The molecule has 1 amide bonds. The van der Waals surface area contributed by atoms with Gasteiger partial charge in [0.25, 0.3) is 0 Å². The number of amides is 1. The van der Waals surface area contributed by atoms with Crippen LogP contribution in [0.3, 0.4) is 0 Å². The van der Waals surface area contributed by atoms with E-state index < -0.39 is 0 Å². The van der Waals surface area contributed by atoms with Crippen molar-refractivity contribution in [2.24, 2.45) is 0 Å². The number of carbonyl (C=O) groups excluding carboxylic acids is 1. The van der Waals surface area contributed by atoms with Crippen LogP contribution < -0.4 is 10.6 Å². The monoisotopic (exact) mass is 285 g/mol. The van der Waals surface area contributed by atoms with Crippen LogP contribution in [-0.4, -0.2) is 61.3 Å². The molecule has 0 radical (unpaired) electrons. The van der Waals surface area contributed by atoms with Crippen molar-refractivity contribution in [2.75, 3.05) is 32.8 Å². The quantitative estimate of drug-likeness (QED) is 0.715. The van der Waals surface area contributed by atoms with Gasteiger partial charge in [0, 0.05) is 44.2 Å². The van der Waals surface area contributed by atoms with Gasteiger partial charge < -0.3 is 15.4 Å². The summed E-state index contributed by atoms with van der Waals surface area (Å²) in [5.41, 5.74) is -0.151. The van der Waals surface area contributed by atoms with Crippen LogP contribution in [0, 0.1) is 0 Å². The number of nitrogens with one attached hydrogen (secondary N) is 2. The molecule has 1 rings (SSSR count). The summed E-state index contributed by atoms with van der Waals surface area (Å²) in [6.07, 6.45) is 0.745. The van der Waals surface area contributed by atoms with Gasteiger partial charge in [0.1, 0.15) is 0 Å². The number of carbonyl (C=O) groups is 1. The summed E-state index contributed by atoms with van der Waals surface area (Å²) in [5, 5.41) is 6.28. The second-order valence-electron chi connectivity index (χ2n) is 6.83. The number of hydrogen-bond acceptors (Lipinski definition) is 4. The summed E-state index contributed by atoms with van der Waals surface area (Å²) >= 11 is 0. The molecule has 1 unspecified atom stereocenters. The molecule has 20 heavy (non-hydrogen) atoms. The summed E-state index contributed by atoms with van der Waals surface area (Å²) in [4.78, 5) is 14.1. The molecular formula is C15H31N3O2. The molecule has 1 atom stereocenters. The Labute approximate surface area is 123 Å². The molecule has 0 saturated carbocycles. The molecular weight excluding hydrogens is 254 g/mol. The van der Waals surface area contributed by atoms with E-state index in [0.717, 1.165) is 26.2 Å². The third-order valence-corrected chi connectivity index (χ3v) is 3.32. The first-order chi connectivity index (χ1) is 9.28. The summed E-state index contributed by atoms with van der Waals surface area (Å²) < 4.78 is 5.74. The Kier molecular flexibility index (Phi) is 6.92. The van der Waals surface area contributed by atoms with Crippen LogP contribution in [0.5, 0.6) is 0 Å². The fourth-order valence-electron chi connectivity index (χ4n) is 2.28. The summed E-state index contributed by atoms with van der Waals surface area (Å²) in [6.45, 7) is 14.7. The predicted molar refractivity (Wildman–Crippen MR) is 81.8 cm³/mol. The Balaban J connectivity index is 2.13. The molecule has 1 saturated heterocycles. The molecule has 1 aliphatic rings. The topological polar surface area (TPSA) is 53.6 Å². The highest BCUT2D eigenvalue weighted by Crippen LogP contribution is 2.08. The van der Waals surface area contributed by atoms with Gasteiger partial charge in [-0.3, -0.25) is 9.69 Å². The Hall–Kier alpha value is -0.650. The van der Waals surface area contributed by atoms with Crippen LogP contribution in [0.15, 0.2) is 0 Å². The summed E-state index contributed by atoms with van der Waals surface area (Å²) in [5.74, 6) is 0.0957. The molecule has 118 valence electrons. The standard InChI is InChI=1S/C15H31N3O2/c1-12(2)18-8-9-20-13(11-18)10-16-7-6-14(19)17-15(3,4)5/h12-13,16H,6-11H2,1-5H3,(H,17,19). The molecule has 5 nitrogen and oxygen atoms in total. The lowest BCUT2D eigenvalue weighted by Gasteiger charge is -2.35. The molecule has 2 N–H and O–H groups in total. The van der Waals surface area contributed by atoms with Crippen molar-refractivity contribution in [3.05, 3.63) is 0 Å². The predicted octanol–water partition coefficient (Wildman–Crippen LogP) is 0.990. The van der Waals surface area contributed by atoms with Crippen molar-refractivity contribution in [1.82, 2.24) is 15.5 Å². The van der Waals surface area contributed by atoms with E-state index in [0.29, 0.717) is 19.0 Å². The molecule has 0 bridgehead atoms. The molecule has 0 aromatic rings. The summed E-state index contributed by atoms with van der Waals surface area (Å²) in [7, 11) is 0. The van der Waals surface area contributed by atoms with Crippen LogP contribution in [0.2, 0.25) is 0 Å². The van der Waals surface area contributed by atoms with Gasteiger partial charge in [-0.25, -0.2) is 0 Å². The fourth-order valence-corrected chi connectivity index (χ4v) is 2.28. The number of rotatable bonds is 6. The maximum Gasteiger partial charge on any atom is 0.221 e. The van der Waals surface area contributed by atoms with E-state index in [4.69, 9.17) is 4.74 Å². The Morgan fingerprint density at radius 3 is 2.70 bits per heavy atom. The molecule has 5 heteroatoms. The van der Waals surface area contributed by atoms with E-state index in [1.165, 1.54) is 0 Å². The maximum atomic E-state index is 11.7.